The molecule has 28 heavy (non-hydrogen) atoms. The summed E-state index contributed by atoms with van der Waals surface area (Å²) in [6, 6.07) is 23.8. The van der Waals surface area contributed by atoms with Crippen molar-refractivity contribution in [2.45, 2.75) is 19.4 Å². The third kappa shape index (κ3) is 3.87. The molecule has 0 aliphatic carbocycles. The molecular weight excluding hydrogens is 391 g/mol. The average Bonchev–Trinajstić information content (AvgIpc) is 3.15. The van der Waals surface area contributed by atoms with Gasteiger partial charge in [-0.3, -0.25) is 5.01 Å². The fraction of sp³-hybridized carbons (Fsp3) is 0.174. The highest BCUT2D eigenvalue weighted by molar-refractivity contribution is 6.30. The number of anilines is 1. The molecule has 0 spiro atoms. The first-order chi connectivity index (χ1) is 13.7. The van der Waals surface area contributed by atoms with E-state index in [-0.39, 0.29) is 6.04 Å². The van der Waals surface area contributed by atoms with Gasteiger partial charge in [-0.05, 0) is 61.0 Å². The Bertz CT molecular complexity index is 984. The van der Waals surface area contributed by atoms with Crippen LogP contribution in [-0.4, -0.2) is 12.3 Å². The van der Waals surface area contributed by atoms with E-state index >= 15 is 0 Å². The van der Waals surface area contributed by atoms with Gasteiger partial charge < -0.3 is 4.74 Å². The Balaban J connectivity index is 1.76. The summed E-state index contributed by atoms with van der Waals surface area (Å²) in [5.41, 5.74) is 4.18. The Hall–Kier alpha value is -2.49. The second kappa shape index (κ2) is 8.26. The quantitative estimate of drug-likeness (QED) is 0.464. The maximum atomic E-state index is 6.10. The fourth-order valence-corrected chi connectivity index (χ4v) is 3.69. The zero-order chi connectivity index (χ0) is 19.5. The van der Waals surface area contributed by atoms with Crippen molar-refractivity contribution >= 4 is 34.6 Å². The maximum absolute atomic E-state index is 6.10. The molecule has 3 aromatic carbocycles. The maximum Gasteiger partial charge on any atom is 0.128 e. The van der Waals surface area contributed by atoms with Crippen molar-refractivity contribution in [1.82, 2.24) is 0 Å². The van der Waals surface area contributed by atoms with Gasteiger partial charge in [-0.25, -0.2) is 0 Å². The van der Waals surface area contributed by atoms with E-state index in [2.05, 4.69) is 23.2 Å². The Morgan fingerprint density at radius 3 is 2.25 bits per heavy atom. The summed E-state index contributed by atoms with van der Waals surface area (Å²) in [5, 5.41) is 8.46. The molecule has 0 saturated heterocycles. The smallest absolute Gasteiger partial charge is 0.128 e. The Kier molecular flexibility index (Phi) is 5.56. The molecule has 5 heteroatoms. The first-order valence-electron chi connectivity index (χ1n) is 9.25. The largest absolute Gasteiger partial charge is 0.493 e. The molecule has 1 heterocycles. The monoisotopic (exact) mass is 410 g/mol. The van der Waals surface area contributed by atoms with Crippen molar-refractivity contribution in [3.8, 4) is 5.75 Å². The van der Waals surface area contributed by atoms with E-state index in [0.717, 1.165) is 39.7 Å². The van der Waals surface area contributed by atoms with Crippen LogP contribution in [0.3, 0.4) is 0 Å². The van der Waals surface area contributed by atoms with Crippen molar-refractivity contribution < 1.29 is 4.74 Å². The van der Waals surface area contributed by atoms with Gasteiger partial charge in [0, 0.05) is 22.0 Å². The van der Waals surface area contributed by atoms with Crippen LogP contribution in [0.25, 0.3) is 0 Å². The van der Waals surface area contributed by atoms with Crippen molar-refractivity contribution in [2.24, 2.45) is 5.10 Å². The highest BCUT2D eigenvalue weighted by Crippen LogP contribution is 2.38. The highest BCUT2D eigenvalue weighted by Gasteiger charge is 2.31. The number of ether oxygens (including phenoxy) is 1. The topological polar surface area (TPSA) is 24.8 Å². The van der Waals surface area contributed by atoms with Crippen LogP contribution in [0.2, 0.25) is 10.0 Å². The third-order valence-corrected chi connectivity index (χ3v) is 5.26. The molecular formula is C23H20Cl2N2O. The number of halogens is 2. The molecule has 3 nitrogen and oxygen atoms in total. The molecule has 0 radical (unpaired) electrons. The number of nitrogens with zero attached hydrogens (tertiary/aromatic N) is 2. The molecule has 0 N–H and O–H groups in total. The summed E-state index contributed by atoms with van der Waals surface area (Å²) in [7, 11) is 0. The Morgan fingerprint density at radius 1 is 0.929 bits per heavy atom. The van der Waals surface area contributed by atoms with E-state index in [1.165, 1.54) is 0 Å². The van der Waals surface area contributed by atoms with Crippen LogP contribution in [0.5, 0.6) is 5.75 Å². The van der Waals surface area contributed by atoms with Gasteiger partial charge in [0.1, 0.15) is 5.75 Å². The summed E-state index contributed by atoms with van der Waals surface area (Å²) in [4.78, 5) is 0. The molecule has 0 saturated carbocycles. The Morgan fingerprint density at radius 2 is 1.57 bits per heavy atom. The molecule has 0 amide bonds. The second-order valence-electron chi connectivity index (χ2n) is 6.57. The zero-order valence-corrected chi connectivity index (χ0v) is 17.0. The van der Waals surface area contributed by atoms with Crippen molar-refractivity contribution in [1.29, 1.82) is 0 Å². The van der Waals surface area contributed by atoms with Gasteiger partial charge in [-0.15, -0.1) is 0 Å². The first kappa shape index (κ1) is 18.9. The standard InChI is InChI=1S/C23H20Cl2N2O/c1-2-28-23-6-4-3-5-20(23)21-15-22(16-7-9-17(24)10-8-16)27(26-21)19-13-11-18(25)12-14-19/h3-14,22H,2,15H2,1H3. The van der Waals surface area contributed by atoms with Crippen LogP contribution in [0.15, 0.2) is 77.9 Å². The normalized spacial score (nSPS) is 16.2. The minimum Gasteiger partial charge on any atom is -0.493 e. The SMILES string of the molecule is CCOc1ccccc1C1=NN(c2ccc(Cl)cc2)C(c2ccc(Cl)cc2)C1. The molecule has 0 bridgehead atoms. The van der Waals surface area contributed by atoms with Gasteiger partial charge >= 0.3 is 0 Å². The summed E-state index contributed by atoms with van der Waals surface area (Å²) in [5.74, 6) is 0.858. The van der Waals surface area contributed by atoms with Crippen LogP contribution in [-0.2, 0) is 0 Å². The van der Waals surface area contributed by atoms with E-state index in [1.54, 1.807) is 0 Å². The van der Waals surface area contributed by atoms with Crippen LogP contribution < -0.4 is 9.75 Å². The molecule has 0 aromatic heterocycles. The van der Waals surface area contributed by atoms with E-state index in [9.17, 15) is 0 Å². The summed E-state index contributed by atoms with van der Waals surface area (Å²) >= 11 is 12.2. The van der Waals surface area contributed by atoms with Crippen LogP contribution in [0, 0.1) is 0 Å². The third-order valence-electron chi connectivity index (χ3n) is 4.75. The number of hydrogen-bond acceptors (Lipinski definition) is 3. The van der Waals surface area contributed by atoms with Gasteiger partial charge in [0.25, 0.3) is 0 Å². The minimum atomic E-state index is 0.0723. The number of benzene rings is 3. The van der Waals surface area contributed by atoms with Gasteiger partial charge in [0.2, 0.25) is 0 Å². The van der Waals surface area contributed by atoms with E-state index in [4.69, 9.17) is 33.0 Å². The van der Waals surface area contributed by atoms with E-state index in [0.29, 0.717) is 11.6 Å². The molecule has 0 fully saturated rings. The molecule has 3 aromatic rings. The van der Waals surface area contributed by atoms with Gasteiger partial charge in [-0.2, -0.15) is 5.10 Å². The van der Waals surface area contributed by atoms with Crippen molar-refractivity contribution in [3.63, 3.8) is 0 Å². The fourth-order valence-electron chi connectivity index (χ4n) is 3.44. The summed E-state index contributed by atoms with van der Waals surface area (Å²) in [6.45, 7) is 2.61. The van der Waals surface area contributed by atoms with Crippen LogP contribution >= 0.6 is 23.2 Å². The van der Waals surface area contributed by atoms with Crippen molar-refractivity contribution in [3.05, 3.63) is 94.0 Å². The average molecular weight is 411 g/mol. The van der Waals surface area contributed by atoms with Crippen LogP contribution in [0.4, 0.5) is 5.69 Å². The number of rotatable bonds is 5. The predicted octanol–water partition coefficient (Wildman–Crippen LogP) is 6.75. The lowest BCUT2D eigenvalue weighted by molar-refractivity contribution is 0.339. The van der Waals surface area contributed by atoms with Crippen molar-refractivity contribution in [2.75, 3.05) is 11.6 Å². The molecule has 1 atom stereocenters. The molecule has 1 aliphatic rings. The Labute approximate surface area is 175 Å². The predicted molar refractivity (Wildman–Crippen MR) is 117 cm³/mol. The van der Waals surface area contributed by atoms with E-state index < -0.39 is 0 Å². The summed E-state index contributed by atoms with van der Waals surface area (Å²) < 4.78 is 5.83. The second-order valence-corrected chi connectivity index (χ2v) is 7.44. The zero-order valence-electron chi connectivity index (χ0n) is 15.5. The lowest BCUT2D eigenvalue weighted by atomic mass is 9.97. The number of hydrazone groups is 1. The number of para-hydroxylation sites is 1. The highest BCUT2D eigenvalue weighted by atomic mass is 35.5. The molecule has 142 valence electrons. The lowest BCUT2D eigenvalue weighted by Gasteiger charge is -2.24. The van der Waals surface area contributed by atoms with Crippen LogP contribution in [0.1, 0.15) is 30.5 Å². The molecule has 1 unspecified atom stereocenters. The van der Waals surface area contributed by atoms with E-state index in [1.807, 2.05) is 61.5 Å². The molecule has 1 aliphatic heterocycles. The first-order valence-corrected chi connectivity index (χ1v) is 10.0. The number of hydrogen-bond donors (Lipinski definition) is 0. The summed E-state index contributed by atoms with van der Waals surface area (Å²) in [6.07, 6.45) is 0.772. The minimum absolute atomic E-state index is 0.0723. The lowest BCUT2D eigenvalue weighted by Crippen LogP contribution is -2.18. The van der Waals surface area contributed by atoms with Gasteiger partial charge in [0.05, 0.1) is 24.0 Å². The van der Waals surface area contributed by atoms with Gasteiger partial charge in [-0.1, -0.05) is 47.5 Å². The van der Waals surface area contributed by atoms with Gasteiger partial charge in [0.15, 0.2) is 0 Å². The molecule has 4 rings (SSSR count).